The Labute approximate surface area is 99.5 Å². The summed E-state index contributed by atoms with van der Waals surface area (Å²) in [4.78, 5) is 2.37. The van der Waals surface area contributed by atoms with Crippen LogP contribution in [0, 0.1) is 5.41 Å². The van der Waals surface area contributed by atoms with Crippen LogP contribution in [0.25, 0.3) is 0 Å². The number of anilines is 1. The van der Waals surface area contributed by atoms with Crippen LogP contribution in [0.1, 0.15) is 33.3 Å². The molecule has 0 aliphatic carbocycles. The van der Waals surface area contributed by atoms with Crippen LogP contribution in [-0.4, -0.2) is 18.0 Å². The Morgan fingerprint density at radius 2 is 1.94 bits per heavy atom. The predicted molar refractivity (Wildman–Crippen MR) is 71.2 cm³/mol. The van der Waals surface area contributed by atoms with E-state index in [0.29, 0.717) is 11.5 Å². The SMILES string of the molecule is CC(N(C)Cc1cccc(N)c1)C(C)(C)C. The molecule has 0 radical (unpaired) electrons. The van der Waals surface area contributed by atoms with Crippen molar-refractivity contribution >= 4 is 5.69 Å². The summed E-state index contributed by atoms with van der Waals surface area (Å²) in [6.45, 7) is 10.0. The second kappa shape index (κ2) is 4.88. The minimum Gasteiger partial charge on any atom is -0.399 e. The molecule has 0 bridgehead atoms. The average Bonchev–Trinajstić information content (AvgIpc) is 2.15. The monoisotopic (exact) mass is 220 g/mol. The topological polar surface area (TPSA) is 29.3 Å². The minimum atomic E-state index is 0.301. The summed E-state index contributed by atoms with van der Waals surface area (Å²) in [5, 5.41) is 0. The largest absolute Gasteiger partial charge is 0.399 e. The number of hydrogen-bond acceptors (Lipinski definition) is 2. The van der Waals surface area contributed by atoms with Crippen molar-refractivity contribution in [3.8, 4) is 0 Å². The van der Waals surface area contributed by atoms with Crippen molar-refractivity contribution in [3.63, 3.8) is 0 Å². The predicted octanol–water partition coefficient (Wildman–Crippen LogP) is 3.14. The molecular weight excluding hydrogens is 196 g/mol. The Balaban J connectivity index is 2.68. The van der Waals surface area contributed by atoms with Crippen LogP contribution in [0.15, 0.2) is 24.3 Å². The average molecular weight is 220 g/mol. The van der Waals surface area contributed by atoms with Gasteiger partial charge in [-0.3, -0.25) is 4.90 Å². The molecule has 0 spiro atoms. The molecule has 1 atom stereocenters. The van der Waals surface area contributed by atoms with Crippen molar-refractivity contribution in [2.24, 2.45) is 5.41 Å². The van der Waals surface area contributed by atoms with E-state index in [1.165, 1.54) is 5.56 Å². The zero-order valence-electron chi connectivity index (χ0n) is 11.1. The molecule has 0 aliphatic rings. The maximum atomic E-state index is 5.78. The van der Waals surface area contributed by atoms with Gasteiger partial charge in [-0.1, -0.05) is 32.9 Å². The highest BCUT2D eigenvalue weighted by Gasteiger charge is 2.23. The van der Waals surface area contributed by atoms with Crippen LogP contribution in [0.4, 0.5) is 5.69 Å². The number of hydrogen-bond donors (Lipinski definition) is 1. The molecule has 0 aliphatic heterocycles. The van der Waals surface area contributed by atoms with E-state index in [9.17, 15) is 0 Å². The van der Waals surface area contributed by atoms with Gasteiger partial charge in [-0.2, -0.15) is 0 Å². The number of nitrogens with two attached hydrogens (primary N) is 1. The molecule has 0 amide bonds. The first-order valence-electron chi connectivity index (χ1n) is 5.85. The molecule has 16 heavy (non-hydrogen) atoms. The van der Waals surface area contributed by atoms with Crippen molar-refractivity contribution in [1.82, 2.24) is 4.90 Å². The Bertz CT molecular complexity index is 339. The summed E-state index contributed by atoms with van der Waals surface area (Å²) in [6, 6.07) is 8.65. The van der Waals surface area contributed by atoms with Crippen molar-refractivity contribution in [1.29, 1.82) is 0 Å². The van der Waals surface area contributed by atoms with Crippen LogP contribution >= 0.6 is 0 Å². The molecule has 0 fully saturated rings. The van der Waals surface area contributed by atoms with Crippen molar-refractivity contribution in [2.75, 3.05) is 12.8 Å². The van der Waals surface area contributed by atoms with E-state index >= 15 is 0 Å². The van der Waals surface area contributed by atoms with E-state index in [-0.39, 0.29) is 0 Å². The van der Waals surface area contributed by atoms with Crippen LogP contribution < -0.4 is 5.73 Å². The molecule has 1 aromatic rings. The third-order valence-corrected chi connectivity index (χ3v) is 3.30. The van der Waals surface area contributed by atoms with Gasteiger partial charge in [-0.25, -0.2) is 0 Å². The standard InChI is InChI=1S/C14H24N2/c1-11(14(2,3)4)16(5)10-12-7-6-8-13(15)9-12/h6-9,11H,10,15H2,1-5H3. The van der Waals surface area contributed by atoms with Gasteiger partial charge in [-0.05, 0) is 37.1 Å². The molecule has 0 saturated heterocycles. The second-order valence-corrected chi connectivity index (χ2v) is 5.70. The van der Waals surface area contributed by atoms with Gasteiger partial charge in [-0.15, -0.1) is 0 Å². The van der Waals surface area contributed by atoms with Crippen LogP contribution in [0.3, 0.4) is 0 Å². The fraction of sp³-hybridized carbons (Fsp3) is 0.571. The van der Waals surface area contributed by atoms with Crippen LogP contribution in [0.5, 0.6) is 0 Å². The minimum absolute atomic E-state index is 0.301. The highest BCUT2D eigenvalue weighted by Crippen LogP contribution is 2.24. The van der Waals surface area contributed by atoms with Gasteiger partial charge in [0, 0.05) is 18.3 Å². The Morgan fingerprint density at radius 3 is 2.44 bits per heavy atom. The van der Waals surface area contributed by atoms with E-state index in [4.69, 9.17) is 5.73 Å². The first-order valence-corrected chi connectivity index (χ1v) is 5.85. The molecular formula is C14H24N2. The number of nitrogens with zero attached hydrogens (tertiary/aromatic N) is 1. The molecule has 2 N–H and O–H groups in total. The van der Waals surface area contributed by atoms with Gasteiger partial charge < -0.3 is 5.73 Å². The maximum Gasteiger partial charge on any atom is 0.0317 e. The summed E-state index contributed by atoms with van der Waals surface area (Å²) in [5.41, 5.74) is 8.20. The molecule has 1 aromatic carbocycles. The second-order valence-electron chi connectivity index (χ2n) is 5.70. The molecule has 2 heteroatoms. The van der Waals surface area contributed by atoms with E-state index in [1.54, 1.807) is 0 Å². The Morgan fingerprint density at radius 1 is 1.31 bits per heavy atom. The molecule has 2 nitrogen and oxygen atoms in total. The van der Waals surface area contributed by atoms with E-state index in [2.05, 4.69) is 45.7 Å². The van der Waals surface area contributed by atoms with Crippen LogP contribution in [0.2, 0.25) is 0 Å². The lowest BCUT2D eigenvalue weighted by molar-refractivity contribution is 0.135. The number of benzene rings is 1. The summed E-state index contributed by atoms with van der Waals surface area (Å²) in [7, 11) is 2.17. The number of rotatable bonds is 3. The van der Waals surface area contributed by atoms with Crippen molar-refractivity contribution < 1.29 is 0 Å². The molecule has 0 saturated carbocycles. The van der Waals surface area contributed by atoms with E-state index < -0.39 is 0 Å². The zero-order chi connectivity index (χ0) is 12.3. The number of nitrogen functional groups attached to an aromatic ring is 1. The highest BCUT2D eigenvalue weighted by molar-refractivity contribution is 5.40. The molecule has 90 valence electrons. The lowest BCUT2D eigenvalue weighted by Gasteiger charge is -2.35. The molecule has 0 heterocycles. The fourth-order valence-electron chi connectivity index (χ4n) is 1.78. The summed E-state index contributed by atoms with van der Waals surface area (Å²) in [5.74, 6) is 0. The Hall–Kier alpha value is -1.02. The summed E-state index contributed by atoms with van der Waals surface area (Å²) in [6.07, 6.45) is 0. The van der Waals surface area contributed by atoms with E-state index in [0.717, 1.165) is 12.2 Å². The van der Waals surface area contributed by atoms with Gasteiger partial charge in [0.2, 0.25) is 0 Å². The summed E-state index contributed by atoms with van der Waals surface area (Å²) >= 11 is 0. The first-order chi connectivity index (χ1) is 7.30. The third kappa shape index (κ3) is 3.53. The van der Waals surface area contributed by atoms with Crippen molar-refractivity contribution in [3.05, 3.63) is 29.8 Å². The first kappa shape index (κ1) is 13.0. The fourth-order valence-corrected chi connectivity index (χ4v) is 1.78. The van der Waals surface area contributed by atoms with Gasteiger partial charge in [0.1, 0.15) is 0 Å². The summed E-state index contributed by atoms with van der Waals surface area (Å²) < 4.78 is 0. The quantitative estimate of drug-likeness (QED) is 0.793. The Kier molecular flexibility index (Phi) is 3.98. The van der Waals surface area contributed by atoms with Gasteiger partial charge in [0.05, 0.1) is 0 Å². The third-order valence-electron chi connectivity index (χ3n) is 3.30. The van der Waals surface area contributed by atoms with Crippen molar-refractivity contribution in [2.45, 2.75) is 40.3 Å². The highest BCUT2D eigenvalue weighted by atomic mass is 15.1. The van der Waals surface area contributed by atoms with Crippen LogP contribution in [-0.2, 0) is 6.54 Å². The lowest BCUT2D eigenvalue weighted by atomic mass is 9.87. The maximum absolute atomic E-state index is 5.78. The van der Waals surface area contributed by atoms with Gasteiger partial charge >= 0.3 is 0 Å². The zero-order valence-corrected chi connectivity index (χ0v) is 11.1. The van der Waals surface area contributed by atoms with Gasteiger partial charge in [0.15, 0.2) is 0 Å². The van der Waals surface area contributed by atoms with E-state index in [1.807, 2.05) is 18.2 Å². The normalized spacial score (nSPS) is 14.1. The molecule has 1 unspecified atom stereocenters. The smallest absolute Gasteiger partial charge is 0.0317 e. The molecule has 0 aromatic heterocycles. The lowest BCUT2D eigenvalue weighted by Crippen LogP contribution is -2.38. The molecule has 1 rings (SSSR count). The van der Waals surface area contributed by atoms with Gasteiger partial charge in [0.25, 0.3) is 0 Å².